The Morgan fingerprint density at radius 1 is 1.33 bits per heavy atom. The molecule has 1 aromatic carbocycles. The third-order valence-corrected chi connectivity index (χ3v) is 3.18. The Balaban J connectivity index is 0.00000400. The van der Waals surface area contributed by atoms with Gasteiger partial charge in [0.1, 0.15) is 5.75 Å². The van der Waals surface area contributed by atoms with E-state index in [1.54, 1.807) is 6.92 Å². The van der Waals surface area contributed by atoms with Gasteiger partial charge in [-0.25, -0.2) is 0 Å². The molecule has 1 atom stereocenters. The molecule has 4 nitrogen and oxygen atoms in total. The third-order valence-electron chi connectivity index (χ3n) is 3.18. The highest BCUT2D eigenvalue weighted by Gasteiger charge is 2.26. The van der Waals surface area contributed by atoms with Gasteiger partial charge in [0.2, 0.25) is 5.91 Å². The van der Waals surface area contributed by atoms with Crippen molar-refractivity contribution in [3.05, 3.63) is 29.8 Å². The van der Waals surface area contributed by atoms with Gasteiger partial charge in [-0.2, -0.15) is 0 Å². The van der Waals surface area contributed by atoms with Crippen molar-refractivity contribution in [2.45, 2.75) is 45.6 Å². The quantitative estimate of drug-likeness (QED) is 0.725. The van der Waals surface area contributed by atoms with Crippen LogP contribution in [0.5, 0.6) is 5.75 Å². The Morgan fingerprint density at radius 3 is 2.52 bits per heavy atom. The van der Waals surface area contributed by atoms with E-state index in [2.05, 4.69) is 5.32 Å². The van der Waals surface area contributed by atoms with Gasteiger partial charge in [-0.15, -0.1) is 12.4 Å². The van der Waals surface area contributed by atoms with Crippen LogP contribution in [0, 0.1) is 6.92 Å². The third kappa shape index (κ3) is 7.34. The van der Waals surface area contributed by atoms with E-state index in [0.29, 0.717) is 19.6 Å². The number of hydrogen-bond acceptors (Lipinski definition) is 3. The summed E-state index contributed by atoms with van der Waals surface area (Å²) in [7, 11) is 0. The fourth-order valence-electron chi connectivity index (χ4n) is 1.93. The van der Waals surface area contributed by atoms with Crippen molar-refractivity contribution < 1.29 is 9.53 Å². The minimum atomic E-state index is -0.771. The number of nitrogens with two attached hydrogens (primary N) is 1. The molecule has 1 aromatic rings. The van der Waals surface area contributed by atoms with Gasteiger partial charge in [-0.05, 0) is 38.8 Å². The molecule has 0 aliphatic heterocycles. The van der Waals surface area contributed by atoms with Gasteiger partial charge in [0.25, 0.3) is 0 Å². The number of amides is 1. The van der Waals surface area contributed by atoms with E-state index in [4.69, 9.17) is 10.5 Å². The minimum Gasteiger partial charge on any atom is -0.494 e. The van der Waals surface area contributed by atoms with Crippen molar-refractivity contribution in [2.24, 2.45) is 5.73 Å². The second kappa shape index (κ2) is 9.64. The molecule has 0 spiro atoms. The summed E-state index contributed by atoms with van der Waals surface area (Å²) >= 11 is 0. The van der Waals surface area contributed by atoms with E-state index in [0.717, 1.165) is 18.6 Å². The number of carbonyl (C=O) groups is 1. The summed E-state index contributed by atoms with van der Waals surface area (Å²) in [6.45, 7) is 7.00. The second-order valence-corrected chi connectivity index (χ2v) is 5.44. The predicted octanol–water partition coefficient (Wildman–Crippen LogP) is 2.82. The predicted molar refractivity (Wildman–Crippen MR) is 89.0 cm³/mol. The number of rotatable bonds is 8. The molecule has 0 bridgehead atoms. The maximum absolute atomic E-state index is 11.8. The lowest BCUT2D eigenvalue weighted by Crippen LogP contribution is -2.51. The van der Waals surface area contributed by atoms with Crippen LogP contribution in [0.25, 0.3) is 0 Å². The van der Waals surface area contributed by atoms with Gasteiger partial charge in [-0.3, -0.25) is 4.79 Å². The molecule has 1 amide bonds. The van der Waals surface area contributed by atoms with Crippen LogP contribution >= 0.6 is 12.4 Å². The van der Waals surface area contributed by atoms with Crippen LogP contribution in [0.2, 0.25) is 0 Å². The SMILES string of the molecule is CCCC(C)(N)C(=O)NCCCOc1ccc(C)cc1.Cl. The highest BCUT2D eigenvalue weighted by Crippen LogP contribution is 2.11. The molecule has 120 valence electrons. The Hall–Kier alpha value is -1.26. The van der Waals surface area contributed by atoms with Crippen LogP contribution in [0.1, 0.15) is 38.7 Å². The van der Waals surface area contributed by atoms with Crippen LogP contribution in [0.15, 0.2) is 24.3 Å². The van der Waals surface area contributed by atoms with Gasteiger partial charge in [0, 0.05) is 6.54 Å². The van der Waals surface area contributed by atoms with E-state index in [9.17, 15) is 4.79 Å². The van der Waals surface area contributed by atoms with Gasteiger partial charge < -0.3 is 15.8 Å². The molecule has 0 radical (unpaired) electrons. The second-order valence-electron chi connectivity index (χ2n) is 5.44. The molecule has 5 heteroatoms. The Bertz CT molecular complexity index is 419. The number of benzene rings is 1. The number of hydrogen-bond donors (Lipinski definition) is 2. The lowest BCUT2D eigenvalue weighted by atomic mass is 9.96. The molecule has 1 rings (SSSR count). The van der Waals surface area contributed by atoms with Crippen molar-refractivity contribution in [1.82, 2.24) is 5.32 Å². The number of nitrogens with one attached hydrogen (secondary N) is 1. The fourth-order valence-corrected chi connectivity index (χ4v) is 1.93. The normalized spacial score (nSPS) is 13.0. The average molecular weight is 315 g/mol. The average Bonchev–Trinajstić information content (AvgIpc) is 2.40. The standard InChI is InChI=1S/C16H26N2O2.ClH/c1-4-10-16(3,17)15(19)18-11-5-12-20-14-8-6-13(2)7-9-14;/h6-9H,4-5,10-12,17H2,1-3H3,(H,18,19);1H. The van der Waals surface area contributed by atoms with Crippen LogP contribution in [-0.4, -0.2) is 24.6 Å². The van der Waals surface area contributed by atoms with E-state index in [1.807, 2.05) is 38.1 Å². The molecule has 0 saturated carbocycles. The summed E-state index contributed by atoms with van der Waals surface area (Å²) < 4.78 is 5.59. The molecule has 0 aromatic heterocycles. The van der Waals surface area contributed by atoms with E-state index >= 15 is 0 Å². The van der Waals surface area contributed by atoms with Crippen LogP contribution < -0.4 is 15.8 Å². The van der Waals surface area contributed by atoms with E-state index in [-0.39, 0.29) is 18.3 Å². The first-order chi connectivity index (χ1) is 9.45. The Labute approximate surface area is 133 Å². The molecule has 0 saturated heterocycles. The van der Waals surface area contributed by atoms with Crippen molar-refractivity contribution in [2.75, 3.05) is 13.2 Å². The maximum Gasteiger partial charge on any atom is 0.239 e. The fraction of sp³-hybridized carbons (Fsp3) is 0.562. The first kappa shape index (κ1) is 19.7. The van der Waals surface area contributed by atoms with Crippen LogP contribution in [0.3, 0.4) is 0 Å². The van der Waals surface area contributed by atoms with Crippen molar-refractivity contribution in [1.29, 1.82) is 0 Å². The van der Waals surface area contributed by atoms with Gasteiger partial charge in [0.05, 0.1) is 12.1 Å². The molecule has 0 aliphatic carbocycles. The van der Waals surface area contributed by atoms with E-state index < -0.39 is 5.54 Å². The largest absolute Gasteiger partial charge is 0.494 e. The molecule has 1 unspecified atom stereocenters. The topological polar surface area (TPSA) is 64.4 Å². The van der Waals surface area contributed by atoms with Gasteiger partial charge in [0.15, 0.2) is 0 Å². The van der Waals surface area contributed by atoms with Crippen molar-refractivity contribution in [3.8, 4) is 5.75 Å². The zero-order valence-corrected chi connectivity index (χ0v) is 14.0. The minimum absolute atomic E-state index is 0. The zero-order valence-electron chi connectivity index (χ0n) is 13.1. The summed E-state index contributed by atoms with van der Waals surface area (Å²) in [6.07, 6.45) is 2.36. The van der Waals surface area contributed by atoms with Crippen LogP contribution in [-0.2, 0) is 4.79 Å². The first-order valence-electron chi connectivity index (χ1n) is 7.22. The number of carbonyl (C=O) groups excluding carboxylic acids is 1. The maximum atomic E-state index is 11.8. The number of ether oxygens (including phenoxy) is 1. The first-order valence-corrected chi connectivity index (χ1v) is 7.22. The molecule has 21 heavy (non-hydrogen) atoms. The molecule has 3 N–H and O–H groups in total. The lowest BCUT2D eigenvalue weighted by molar-refractivity contribution is -0.126. The summed E-state index contributed by atoms with van der Waals surface area (Å²) in [6, 6.07) is 7.93. The molecular weight excluding hydrogens is 288 g/mol. The molecular formula is C16H27ClN2O2. The number of halogens is 1. The van der Waals surface area contributed by atoms with Crippen LogP contribution in [0.4, 0.5) is 0 Å². The lowest BCUT2D eigenvalue weighted by Gasteiger charge is -2.22. The van der Waals surface area contributed by atoms with Crippen molar-refractivity contribution >= 4 is 18.3 Å². The van der Waals surface area contributed by atoms with Crippen molar-refractivity contribution in [3.63, 3.8) is 0 Å². The summed E-state index contributed by atoms with van der Waals surface area (Å²) in [4.78, 5) is 11.8. The molecule has 0 heterocycles. The summed E-state index contributed by atoms with van der Waals surface area (Å²) in [5.41, 5.74) is 6.39. The Morgan fingerprint density at radius 2 is 1.95 bits per heavy atom. The highest BCUT2D eigenvalue weighted by molar-refractivity contribution is 5.85. The van der Waals surface area contributed by atoms with Gasteiger partial charge >= 0.3 is 0 Å². The highest BCUT2D eigenvalue weighted by atomic mass is 35.5. The van der Waals surface area contributed by atoms with Gasteiger partial charge in [-0.1, -0.05) is 31.0 Å². The molecule has 0 aliphatic rings. The summed E-state index contributed by atoms with van der Waals surface area (Å²) in [5, 5.41) is 2.86. The molecule has 0 fully saturated rings. The monoisotopic (exact) mass is 314 g/mol. The van der Waals surface area contributed by atoms with E-state index in [1.165, 1.54) is 5.56 Å². The number of aryl methyl sites for hydroxylation is 1. The Kier molecular flexibility index (Phi) is 9.06. The summed E-state index contributed by atoms with van der Waals surface area (Å²) in [5.74, 6) is 0.770. The smallest absolute Gasteiger partial charge is 0.239 e. The zero-order chi connectivity index (χ0) is 15.0.